The van der Waals surface area contributed by atoms with Crippen LogP contribution in [0.25, 0.3) is 0 Å². The largest absolute Gasteiger partial charge is 0.478 e. The number of carbonyl (C=O) groups excluding carboxylic acids is 3. The fraction of sp³-hybridized carbons (Fsp3) is 0.442. The molecular weight excluding hydrogens is 702 g/mol. The molecule has 12 heteroatoms. The second kappa shape index (κ2) is 19.2. The normalized spacial score (nSPS) is 13.7. The van der Waals surface area contributed by atoms with Crippen LogP contribution < -0.4 is 0 Å². The summed E-state index contributed by atoms with van der Waals surface area (Å²) in [6.45, 7) is 10.0. The van der Waals surface area contributed by atoms with E-state index in [1.165, 1.54) is 36.4 Å². The van der Waals surface area contributed by atoms with Gasteiger partial charge in [-0.3, -0.25) is 14.4 Å². The molecule has 0 atom stereocenters. The lowest BCUT2D eigenvalue weighted by atomic mass is 10.0. The minimum absolute atomic E-state index is 0.0180. The Morgan fingerprint density at radius 1 is 0.455 bits per heavy atom. The molecule has 55 heavy (non-hydrogen) atoms. The summed E-state index contributed by atoms with van der Waals surface area (Å²) in [4.78, 5) is 83.2. The van der Waals surface area contributed by atoms with Crippen LogP contribution in [-0.4, -0.2) is 65.6 Å². The van der Waals surface area contributed by atoms with Crippen LogP contribution in [0.1, 0.15) is 138 Å². The molecule has 6 bridgehead atoms. The number of carbonyl (C=O) groups is 6. The molecule has 1 aliphatic rings. The Kier molecular flexibility index (Phi) is 14.7. The number of amides is 3. The summed E-state index contributed by atoms with van der Waals surface area (Å²) in [5.41, 5.74) is 3.04. The monoisotopic (exact) mass is 755 g/mol. The predicted molar refractivity (Wildman–Crippen MR) is 206 cm³/mol. The van der Waals surface area contributed by atoms with Gasteiger partial charge in [0.25, 0.3) is 0 Å². The maximum atomic E-state index is 13.8. The maximum Gasteiger partial charge on any atom is 0.335 e. The van der Waals surface area contributed by atoms with Gasteiger partial charge in [-0.05, 0) is 101 Å². The van der Waals surface area contributed by atoms with Crippen molar-refractivity contribution in [3.63, 3.8) is 0 Å². The SMILES string of the molecule is CCCC(=O)N1Cc2cc(cc(C(=O)O)c2)CN(C(=O)CCC(C)C)Cc2cc(cc(C(=O)O)c2)CN(C(=O)CCC(C)C)Cc2cc(cc(C(=O)O)c2)C1. The van der Waals surface area contributed by atoms with Crippen LogP contribution in [0.3, 0.4) is 0 Å². The third kappa shape index (κ3) is 12.5. The van der Waals surface area contributed by atoms with Crippen molar-refractivity contribution in [2.75, 3.05) is 0 Å². The van der Waals surface area contributed by atoms with E-state index in [0.29, 0.717) is 52.6 Å². The van der Waals surface area contributed by atoms with E-state index in [1.807, 2.05) is 34.6 Å². The second-order valence-corrected chi connectivity index (χ2v) is 15.4. The summed E-state index contributed by atoms with van der Waals surface area (Å²) < 4.78 is 0. The molecule has 3 N–H and O–H groups in total. The number of benzene rings is 3. The molecule has 12 nitrogen and oxygen atoms in total. The quantitative estimate of drug-likeness (QED) is 0.181. The second-order valence-electron chi connectivity index (χ2n) is 15.4. The number of carboxylic acids is 3. The van der Waals surface area contributed by atoms with E-state index >= 15 is 0 Å². The van der Waals surface area contributed by atoms with E-state index in [9.17, 15) is 44.1 Å². The highest BCUT2D eigenvalue weighted by molar-refractivity contribution is 5.89. The average molecular weight is 756 g/mol. The van der Waals surface area contributed by atoms with Crippen molar-refractivity contribution in [2.45, 2.75) is 112 Å². The Labute approximate surface area is 322 Å². The van der Waals surface area contributed by atoms with Crippen molar-refractivity contribution >= 4 is 35.6 Å². The van der Waals surface area contributed by atoms with Crippen molar-refractivity contribution in [2.24, 2.45) is 11.8 Å². The van der Waals surface area contributed by atoms with Crippen molar-refractivity contribution in [1.29, 1.82) is 0 Å². The van der Waals surface area contributed by atoms with E-state index in [0.717, 1.165) is 0 Å². The Balaban J connectivity index is 1.96. The number of hydrogen-bond acceptors (Lipinski definition) is 6. The molecule has 0 radical (unpaired) electrons. The van der Waals surface area contributed by atoms with Crippen LogP contribution in [0.5, 0.6) is 0 Å². The van der Waals surface area contributed by atoms with Crippen LogP contribution in [0.15, 0.2) is 54.6 Å². The highest BCUT2D eigenvalue weighted by Gasteiger charge is 2.23. The van der Waals surface area contributed by atoms with E-state index in [2.05, 4.69) is 0 Å². The molecule has 0 spiro atoms. The molecule has 0 aromatic heterocycles. The highest BCUT2D eigenvalue weighted by Crippen LogP contribution is 2.24. The summed E-state index contributed by atoms with van der Waals surface area (Å²) in [5.74, 6) is -3.64. The van der Waals surface area contributed by atoms with Crippen molar-refractivity contribution in [3.8, 4) is 0 Å². The van der Waals surface area contributed by atoms with Gasteiger partial charge in [0.05, 0.1) is 16.7 Å². The van der Waals surface area contributed by atoms with E-state index in [-0.39, 0.29) is 105 Å². The molecule has 0 unspecified atom stereocenters. The van der Waals surface area contributed by atoms with Crippen molar-refractivity contribution < 1.29 is 44.1 Å². The van der Waals surface area contributed by atoms with Gasteiger partial charge >= 0.3 is 17.9 Å². The molecule has 3 aromatic carbocycles. The van der Waals surface area contributed by atoms with Gasteiger partial charge in [-0.2, -0.15) is 0 Å². The highest BCUT2D eigenvalue weighted by atomic mass is 16.4. The summed E-state index contributed by atoms with van der Waals surface area (Å²) in [6, 6.07) is 14.3. The minimum atomic E-state index is -1.18. The lowest BCUT2D eigenvalue weighted by molar-refractivity contribution is -0.133. The molecule has 0 saturated carbocycles. The maximum absolute atomic E-state index is 13.8. The molecule has 294 valence electrons. The molecule has 0 saturated heterocycles. The molecule has 3 amide bonds. The van der Waals surface area contributed by atoms with Crippen LogP contribution in [0.4, 0.5) is 0 Å². The summed E-state index contributed by atoms with van der Waals surface area (Å²) >= 11 is 0. The van der Waals surface area contributed by atoms with Crippen LogP contribution >= 0.6 is 0 Å². The van der Waals surface area contributed by atoms with E-state index in [1.54, 1.807) is 32.9 Å². The molecular formula is C43H53N3O9. The van der Waals surface area contributed by atoms with E-state index in [4.69, 9.17) is 0 Å². The number of nitrogens with zero attached hydrogens (tertiary/aromatic N) is 3. The first-order chi connectivity index (χ1) is 26.0. The number of carboxylic acid groups (broad SMARTS) is 3. The number of hydrogen-bond donors (Lipinski definition) is 3. The Bertz CT molecular complexity index is 1800. The lowest BCUT2D eigenvalue weighted by Crippen LogP contribution is -2.32. The smallest absolute Gasteiger partial charge is 0.335 e. The number of fused-ring (bicyclic) bond motifs is 6. The van der Waals surface area contributed by atoms with Crippen LogP contribution in [-0.2, 0) is 53.7 Å². The predicted octanol–water partition coefficient (Wildman–Crippen LogP) is 7.35. The Hall–Kier alpha value is -5.52. The first-order valence-electron chi connectivity index (χ1n) is 18.9. The first-order valence-corrected chi connectivity index (χ1v) is 18.9. The van der Waals surface area contributed by atoms with Gasteiger partial charge < -0.3 is 30.0 Å². The number of aromatic carboxylic acids is 3. The molecule has 0 fully saturated rings. The topological polar surface area (TPSA) is 173 Å². The fourth-order valence-electron chi connectivity index (χ4n) is 6.74. The number of rotatable bonds is 11. The average Bonchev–Trinajstić information content (AvgIpc) is 3.11. The van der Waals surface area contributed by atoms with Gasteiger partial charge in [0.15, 0.2) is 0 Å². The van der Waals surface area contributed by atoms with Crippen molar-refractivity contribution in [1.82, 2.24) is 14.7 Å². The molecule has 4 rings (SSSR count). The van der Waals surface area contributed by atoms with Gasteiger partial charge in [0.1, 0.15) is 0 Å². The zero-order chi connectivity index (χ0) is 40.4. The van der Waals surface area contributed by atoms with Gasteiger partial charge in [-0.15, -0.1) is 0 Å². The molecule has 1 heterocycles. The van der Waals surface area contributed by atoms with Gasteiger partial charge in [-0.25, -0.2) is 14.4 Å². The summed E-state index contributed by atoms with van der Waals surface area (Å²) in [6.07, 6.45) is 2.44. The summed E-state index contributed by atoms with van der Waals surface area (Å²) in [7, 11) is 0. The zero-order valence-electron chi connectivity index (χ0n) is 32.5. The van der Waals surface area contributed by atoms with Gasteiger partial charge in [0.2, 0.25) is 17.7 Å². The zero-order valence-corrected chi connectivity index (χ0v) is 32.5. The fourth-order valence-corrected chi connectivity index (χ4v) is 6.74. The molecule has 3 aromatic rings. The third-order valence-corrected chi connectivity index (χ3v) is 9.53. The van der Waals surface area contributed by atoms with Crippen LogP contribution in [0.2, 0.25) is 0 Å². The van der Waals surface area contributed by atoms with Crippen LogP contribution in [0, 0.1) is 11.8 Å². The van der Waals surface area contributed by atoms with Crippen molar-refractivity contribution in [3.05, 3.63) is 105 Å². The van der Waals surface area contributed by atoms with Gasteiger partial charge in [-0.1, -0.05) is 52.8 Å². The van der Waals surface area contributed by atoms with Gasteiger partial charge in [0, 0.05) is 58.5 Å². The summed E-state index contributed by atoms with van der Waals surface area (Å²) in [5, 5.41) is 30.3. The molecule has 1 aliphatic heterocycles. The Morgan fingerprint density at radius 3 is 0.891 bits per heavy atom. The third-order valence-electron chi connectivity index (χ3n) is 9.53. The first kappa shape index (κ1) is 42.2. The van der Waals surface area contributed by atoms with E-state index < -0.39 is 17.9 Å². The minimum Gasteiger partial charge on any atom is -0.478 e. The molecule has 0 aliphatic carbocycles. The standard InChI is InChI=1S/C43H53N3O9/c1-6-7-38(47)44-21-29-12-31(17-35(15-29)41(50)51)23-45(39(48)10-8-27(2)3)25-33-14-34(20-37(19-33)43(54)55)26-46(40(49)11-9-28(4)5)24-32-13-30(22-44)16-36(18-32)42(52)53/h12-20,27-28H,6-11,21-26H2,1-5H3,(H,50,51)(H,52,53)(H,54,55). The lowest BCUT2D eigenvalue weighted by Gasteiger charge is -2.28. The Morgan fingerprint density at radius 2 is 0.691 bits per heavy atom.